The molecule has 3 aromatic rings. The number of carbonyl (C=O) groups is 2. The lowest BCUT2D eigenvalue weighted by Crippen LogP contribution is -2.20. The maximum atomic E-state index is 12.2. The lowest BCUT2D eigenvalue weighted by atomic mass is 10.1. The molecular weight excluding hydrogens is 460 g/mol. The van der Waals surface area contributed by atoms with Crippen LogP contribution in [-0.4, -0.2) is 46.9 Å². The first-order valence-corrected chi connectivity index (χ1v) is 12.1. The van der Waals surface area contributed by atoms with Gasteiger partial charge in [-0.25, -0.2) is 4.98 Å². The van der Waals surface area contributed by atoms with E-state index in [1.165, 1.54) is 6.20 Å². The number of nitrogens with zero attached hydrogens (tertiary/aromatic N) is 3. The van der Waals surface area contributed by atoms with Crippen molar-refractivity contribution in [2.75, 3.05) is 24.9 Å². The first-order chi connectivity index (χ1) is 17.5. The predicted octanol–water partition coefficient (Wildman–Crippen LogP) is 3.88. The average molecular weight is 491 g/mol. The van der Waals surface area contributed by atoms with Gasteiger partial charge in [0.05, 0.1) is 42.4 Å². The second-order valence-electron chi connectivity index (χ2n) is 9.24. The molecule has 2 saturated carbocycles. The van der Waals surface area contributed by atoms with Crippen molar-refractivity contribution in [3.8, 4) is 16.9 Å². The summed E-state index contributed by atoms with van der Waals surface area (Å²) in [6.45, 7) is 0. The van der Waals surface area contributed by atoms with Crippen molar-refractivity contribution in [2.24, 2.45) is 11.7 Å². The Morgan fingerprint density at radius 1 is 1.11 bits per heavy atom. The number of nitrogens with two attached hydrogens (primary N) is 1. The zero-order valence-corrected chi connectivity index (χ0v) is 20.4. The third-order valence-corrected chi connectivity index (χ3v) is 6.83. The van der Waals surface area contributed by atoms with Crippen LogP contribution in [0.5, 0.6) is 5.75 Å². The fourth-order valence-electron chi connectivity index (χ4n) is 4.77. The number of amides is 2. The summed E-state index contributed by atoms with van der Waals surface area (Å²) in [5.74, 6) is 0.253. The van der Waals surface area contributed by atoms with Crippen LogP contribution >= 0.6 is 0 Å². The second-order valence-corrected chi connectivity index (χ2v) is 9.24. The molecule has 0 unspecified atom stereocenters. The summed E-state index contributed by atoms with van der Waals surface area (Å²) >= 11 is 0. The van der Waals surface area contributed by atoms with Crippen LogP contribution in [0.2, 0.25) is 0 Å². The quantitative estimate of drug-likeness (QED) is 0.414. The molecular formula is C26H30N6O4. The van der Waals surface area contributed by atoms with E-state index in [0.29, 0.717) is 22.9 Å². The Morgan fingerprint density at radius 3 is 2.67 bits per heavy atom. The minimum atomic E-state index is -0.634. The minimum absolute atomic E-state index is 0.0279. The summed E-state index contributed by atoms with van der Waals surface area (Å²) < 4.78 is 13.4. The topological polar surface area (TPSA) is 133 Å². The second kappa shape index (κ2) is 9.98. The molecule has 4 N–H and O–H groups in total. The summed E-state index contributed by atoms with van der Waals surface area (Å²) in [4.78, 5) is 28.5. The van der Waals surface area contributed by atoms with E-state index in [9.17, 15) is 9.59 Å². The molecule has 2 heterocycles. The molecule has 1 aromatic carbocycles. The zero-order chi connectivity index (χ0) is 25.2. The zero-order valence-electron chi connectivity index (χ0n) is 20.4. The van der Waals surface area contributed by atoms with Crippen LogP contribution in [0.25, 0.3) is 11.1 Å². The van der Waals surface area contributed by atoms with Gasteiger partial charge in [0.25, 0.3) is 5.91 Å². The number of primary amides is 1. The average Bonchev–Trinajstić information content (AvgIpc) is 3.42. The molecule has 36 heavy (non-hydrogen) atoms. The highest BCUT2D eigenvalue weighted by Gasteiger charge is 2.31. The third kappa shape index (κ3) is 4.76. The molecule has 2 amide bonds. The standard InChI is InChI=1S/C26H30N6O4/c1-35-22-8-4-7-21(22)32-14-16(12-29-32)17-5-3-6-19(24(17)36-2)30-20-11-23(28-13-18(20)25(27)33)31-26(34)15-9-10-15/h3,5-6,11-15,21-22H,4,7-10H2,1-2H3,(H2,27,33)(H2,28,30,31,34)/t21-,22-/m1/s1. The number of rotatable bonds is 9. The van der Waals surface area contributed by atoms with Gasteiger partial charge in [0.15, 0.2) is 0 Å². The van der Waals surface area contributed by atoms with Crippen molar-refractivity contribution in [2.45, 2.75) is 44.2 Å². The Bertz CT molecular complexity index is 1290. The van der Waals surface area contributed by atoms with Crippen molar-refractivity contribution in [3.63, 3.8) is 0 Å². The number of hydrogen-bond acceptors (Lipinski definition) is 7. The van der Waals surface area contributed by atoms with Crippen molar-refractivity contribution < 1.29 is 19.1 Å². The van der Waals surface area contributed by atoms with E-state index in [0.717, 1.165) is 43.2 Å². The maximum Gasteiger partial charge on any atom is 0.252 e. The Kier molecular flexibility index (Phi) is 6.60. The van der Waals surface area contributed by atoms with E-state index in [-0.39, 0.29) is 29.5 Å². The normalized spacial score (nSPS) is 19.2. The third-order valence-electron chi connectivity index (χ3n) is 6.83. The van der Waals surface area contributed by atoms with Crippen molar-refractivity contribution >= 4 is 29.0 Å². The van der Waals surface area contributed by atoms with Crippen LogP contribution in [0.4, 0.5) is 17.2 Å². The van der Waals surface area contributed by atoms with E-state index >= 15 is 0 Å². The number of hydrogen-bond donors (Lipinski definition) is 3. The molecule has 0 saturated heterocycles. The first-order valence-electron chi connectivity index (χ1n) is 12.1. The molecule has 2 aliphatic carbocycles. The van der Waals surface area contributed by atoms with Crippen LogP contribution in [0.3, 0.4) is 0 Å². The predicted molar refractivity (Wildman–Crippen MR) is 135 cm³/mol. The number of aromatic nitrogens is 3. The van der Waals surface area contributed by atoms with Gasteiger partial charge in [0, 0.05) is 42.6 Å². The fraction of sp³-hybridized carbons (Fsp3) is 0.385. The largest absolute Gasteiger partial charge is 0.494 e. The summed E-state index contributed by atoms with van der Waals surface area (Å²) in [5, 5.41) is 10.7. The minimum Gasteiger partial charge on any atom is -0.494 e. The van der Waals surface area contributed by atoms with Gasteiger partial charge in [-0.15, -0.1) is 0 Å². The molecule has 188 valence electrons. The van der Waals surface area contributed by atoms with Gasteiger partial charge in [-0.2, -0.15) is 5.10 Å². The van der Waals surface area contributed by atoms with Crippen molar-refractivity contribution in [3.05, 3.63) is 48.4 Å². The maximum absolute atomic E-state index is 12.2. The molecule has 0 radical (unpaired) electrons. The number of ether oxygens (including phenoxy) is 2. The van der Waals surface area contributed by atoms with Gasteiger partial charge >= 0.3 is 0 Å². The Hall–Kier alpha value is -3.92. The Labute approximate surface area is 209 Å². The van der Waals surface area contributed by atoms with E-state index in [1.807, 2.05) is 35.3 Å². The molecule has 10 nitrogen and oxygen atoms in total. The highest BCUT2D eigenvalue weighted by Crippen LogP contribution is 2.40. The van der Waals surface area contributed by atoms with Crippen LogP contribution in [0, 0.1) is 5.92 Å². The van der Waals surface area contributed by atoms with Gasteiger partial charge < -0.3 is 25.8 Å². The SMILES string of the molecule is COc1c(Nc2cc(NC(=O)C3CC3)ncc2C(N)=O)cccc1-c1cnn([C@@H]2CCC[C@H]2OC)c1. The van der Waals surface area contributed by atoms with Crippen LogP contribution in [0.15, 0.2) is 42.9 Å². The van der Waals surface area contributed by atoms with Crippen molar-refractivity contribution in [1.29, 1.82) is 0 Å². The summed E-state index contributed by atoms with van der Waals surface area (Å²) in [6.07, 6.45) is 10.3. The number of carbonyl (C=O) groups excluding carboxylic acids is 2. The molecule has 2 aromatic heterocycles. The molecule has 5 rings (SSSR count). The summed E-state index contributed by atoms with van der Waals surface area (Å²) in [7, 11) is 3.34. The van der Waals surface area contributed by atoms with Crippen LogP contribution < -0.4 is 21.1 Å². The van der Waals surface area contributed by atoms with Gasteiger partial charge in [-0.05, 0) is 38.2 Å². The Morgan fingerprint density at radius 2 is 1.94 bits per heavy atom. The monoisotopic (exact) mass is 490 g/mol. The number of methoxy groups -OCH3 is 2. The number of pyridine rings is 1. The number of nitrogens with one attached hydrogen (secondary N) is 2. The number of para-hydroxylation sites is 1. The van der Waals surface area contributed by atoms with Crippen LogP contribution in [-0.2, 0) is 9.53 Å². The number of benzene rings is 1. The first kappa shape index (κ1) is 23.8. The highest BCUT2D eigenvalue weighted by atomic mass is 16.5. The summed E-state index contributed by atoms with van der Waals surface area (Å²) in [6, 6.07) is 7.51. The molecule has 0 aliphatic heterocycles. The molecule has 2 atom stereocenters. The van der Waals surface area contributed by atoms with E-state index < -0.39 is 5.91 Å². The van der Waals surface area contributed by atoms with E-state index in [4.69, 9.17) is 15.2 Å². The van der Waals surface area contributed by atoms with Crippen LogP contribution in [0.1, 0.15) is 48.5 Å². The van der Waals surface area contributed by atoms with Crippen molar-refractivity contribution in [1.82, 2.24) is 14.8 Å². The summed E-state index contributed by atoms with van der Waals surface area (Å²) in [5.41, 5.74) is 8.59. The molecule has 2 aliphatic rings. The molecule has 0 spiro atoms. The van der Waals surface area contributed by atoms with Gasteiger partial charge in [0.1, 0.15) is 11.6 Å². The number of anilines is 3. The Balaban J connectivity index is 1.45. The lowest BCUT2D eigenvalue weighted by Gasteiger charge is -2.18. The van der Waals surface area contributed by atoms with Gasteiger partial charge in [-0.3, -0.25) is 14.3 Å². The molecule has 10 heteroatoms. The van der Waals surface area contributed by atoms with E-state index in [2.05, 4.69) is 20.7 Å². The fourth-order valence-corrected chi connectivity index (χ4v) is 4.77. The molecule has 0 bridgehead atoms. The lowest BCUT2D eigenvalue weighted by molar-refractivity contribution is -0.117. The van der Waals surface area contributed by atoms with E-state index in [1.54, 1.807) is 20.3 Å². The van der Waals surface area contributed by atoms with Gasteiger partial charge in [-0.1, -0.05) is 12.1 Å². The molecule has 2 fully saturated rings. The highest BCUT2D eigenvalue weighted by molar-refractivity contribution is 6.01. The van der Waals surface area contributed by atoms with Gasteiger partial charge in [0.2, 0.25) is 5.91 Å². The smallest absolute Gasteiger partial charge is 0.252 e.